The average Bonchev–Trinajstić information content (AvgIpc) is 2.55. The van der Waals surface area contributed by atoms with Gasteiger partial charge in [-0.05, 0) is 60.0 Å². The molecule has 0 amide bonds. The van der Waals surface area contributed by atoms with Crippen LogP contribution in [0.25, 0.3) is 5.69 Å². The molecule has 0 fully saturated rings. The van der Waals surface area contributed by atoms with Gasteiger partial charge in [0.1, 0.15) is 0 Å². The second-order valence-corrected chi connectivity index (χ2v) is 5.10. The fourth-order valence-corrected chi connectivity index (χ4v) is 2.36. The number of halogens is 1. The first kappa shape index (κ1) is 12.8. The monoisotopic (exact) mass is 308 g/mol. The number of benzene rings is 1. The first-order valence-corrected chi connectivity index (χ1v) is 6.26. The third-order valence-electron chi connectivity index (χ3n) is 2.70. The normalized spacial score (nSPS) is 10.7. The van der Waals surface area contributed by atoms with Crippen molar-refractivity contribution in [1.29, 1.82) is 0 Å². The smallest absolute Gasteiger partial charge is 0.357 e. The first-order valence-electron chi connectivity index (χ1n) is 5.47. The van der Waals surface area contributed by atoms with Crippen LogP contribution in [0.1, 0.15) is 27.3 Å². The second-order valence-electron chi connectivity index (χ2n) is 4.31. The van der Waals surface area contributed by atoms with Crippen LogP contribution in [0.2, 0.25) is 0 Å². The van der Waals surface area contributed by atoms with Gasteiger partial charge in [-0.2, -0.15) is 5.10 Å². The molecule has 0 saturated heterocycles. The lowest BCUT2D eigenvalue weighted by molar-refractivity contribution is 0.0689. The van der Waals surface area contributed by atoms with Crippen LogP contribution in [0.3, 0.4) is 0 Å². The number of aromatic carboxylic acids is 1. The van der Waals surface area contributed by atoms with E-state index in [2.05, 4.69) is 27.1 Å². The maximum Gasteiger partial charge on any atom is 0.357 e. The molecule has 0 radical (unpaired) electrons. The molecular weight excluding hydrogens is 296 g/mol. The van der Waals surface area contributed by atoms with Crippen molar-refractivity contribution in [3.63, 3.8) is 0 Å². The fourth-order valence-electron chi connectivity index (χ4n) is 1.94. The van der Waals surface area contributed by atoms with E-state index in [1.165, 1.54) is 0 Å². The Morgan fingerprint density at radius 3 is 2.22 bits per heavy atom. The van der Waals surface area contributed by atoms with Crippen LogP contribution in [0.4, 0.5) is 0 Å². The molecule has 2 aromatic rings. The van der Waals surface area contributed by atoms with Crippen molar-refractivity contribution in [3.8, 4) is 5.69 Å². The number of carboxylic acid groups (broad SMARTS) is 1. The highest BCUT2D eigenvalue weighted by atomic mass is 79.9. The molecule has 0 aliphatic carbocycles. The van der Waals surface area contributed by atoms with Crippen molar-refractivity contribution in [1.82, 2.24) is 9.78 Å². The van der Waals surface area contributed by atoms with Crippen molar-refractivity contribution in [2.24, 2.45) is 0 Å². The number of nitrogens with zero attached hydrogens (tertiary/aromatic N) is 2. The molecule has 4 nitrogen and oxygen atoms in total. The molecule has 18 heavy (non-hydrogen) atoms. The summed E-state index contributed by atoms with van der Waals surface area (Å²) in [4.78, 5) is 11.0. The molecule has 1 aromatic carbocycles. The van der Waals surface area contributed by atoms with Crippen molar-refractivity contribution in [3.05, 3.63) is 45.2 Å². The molecule has 0 unspecified atom stereocenters. The number of carboxylic acids is 1. The highest BCUT2D eigenvalue weighted by Crippen LogP contribution is 2.24. The SMILES string of the molecule is Cc1cc(C)cc(-n2nc(C(=O)O)c(Br)c2C)c1. The molecule has 94 valence electrons. The largest absolute Gasteiger partial charge is 0.476 e. The molecule has 0 aliphatic rings. The van der Waals surface area contributed by atoms with Crippen molar-refractivity contribution < 1.29 is 9.90 Å². The summed E-state index contributed by atoms with van der Waals surface area (Å²) < 4.78 is 2.17. The van der Waals surface area contributed by atoms with Gasteiger partial charge < -0.3 is 5.11 Å². The minimum absolute atomic E-state index is 0.0339. The number of aryl methyl sites for hydroxylation is 2. The van der Waals surface area contributed by atoms with Crippen LogP contribution in [0.5, 0.6) is 0 Å². The quantitative estimate of drug-likeness (QED) is 0.926. The van der Waals surface area contributed by atoms with E-state index in [-0.39, 0.29) is 5.69 Å². The summed E-state index contributed by atoms with van der Waals surface area (Å²) in [6.45, 7) is 5.84. The van der Waals surface area contributed by atoms with Gasteiger partial charge in [0.05, 0.1) is 15.9 Å². The molecule has 1 aromatic heterocycles. The summed E-state index contributed by atoms with van der Waals surface area (Å²) in [5.41, 5.74) is 3.92. The lowest BCUT2D eigenvalue weighted by atomic mass is 10.1. The van der Waals surface area contributed by atoms with Gasteiger partial charge in [0, 0.05) is 0 Å². The van der Waals surface area contributed by atoms with Crippen LogP contribution in [-0.4, -0.2) is 20.9 Å². The summed E-state index contributed by atoms with van der Waals surface area (Å²) in [5.74, 6) is -1.03. The van der Waals surface area contributed by atoms with Gasteiger partial charge in [-0.1, -0.05) is 6.07 Å². The minimum atomic E-state index is -1.03. The third kappa shape index (κ3) is 2.18. The lowest BCUT2D eigenvalue weighted by Gasteiger charge is -2.07. The summed E-state index contributed by atoms with van der Waals surface area (Å²) in [6.07, 6.45) is 0. The molecule has 2 rings (SSSR count). The zero-order valence-electron chi connectivity index (χ0n) is 10.4. The molecule has 1 N–H and O–H groups in total. The molecule has 1 heterocycles. The number of hydrogen-bond donors (Lipinski definition) is 1. The number of rotatable bonds is 2. The molecular formula is C13H13BrN2O2. The number of hydrogen-bond acceptors (Lipinski definition) is 2. The van der Waals surface area contributed by atoms with Crippen LogP contribution >= 0.6 is 15.9 Å². The zero-order valence-corrected chi connectivity index (χ0v) is 11.9. The summed E-state index contributed by atoms with van der Waals surface area (Å²) in [6, 6.07) is 6.02. The predicted octanol–water partition coefficient (Wildman–Crippen LogP) is 3.26. The zero-order chi connectivity index (χ0) is 13.4. The van der Waals surface area contributed by atoms with Gasteiger partial charge in [-0.3, -0.25) is 0 Å². The van der Waals surface area contributed by atoms with Crippen LogP contribution < -0.4 is 0 Å². The van der Waals surface area contributed by atoms with Crippen molar-refractivity contribution in [2.45, 2.75) is 20.8 Å². The topological polar surface area (TPSA) is 55.1 Å². The highest BCUT2D eigenvalue weighted by molar-refractivity contribution is 9.10. The van der Waals surface area contributed by atoms with Crippen molar-refractivity contribution >= 4 is 21.9 Å². The van der Waals surface area contributed by atoms with Gasteiger partial charge in [-0.15, -0.1) is 0 Å². The highest BCUT2D eigenvalue weighted by Gasteiger charge is 2.18. The Balaban J connectivity index is 2.64. The average molecular weight is 309 g/mol. The molecule has 0 atom stereocenters. The number of carbonyl (C=O) groups is 1. The fraction of sp³-hybridized carbons (Fsp3) is 0.231. The van der Waals surface area contributed by atoms with E-state index < -0.39 is 5.97 Å². The Hall–Kier alpha value is -1.62. The Labute approximate surface area is 113 Å². The molecule has 5 heteroatoms. The Bertz CT molecular complexity index is 612. The molecule has 0 spiro atoms. The number of aromatic nitrogens is 2. The Morgan fingerprint density at radius 2 is 1.78 bits per heavy atom. The van der Waals surface area contributed by atoms with E-state index in [1.54, 1.807) is 4.68 Å². The Kier molecular flexibility index (Phi) is 3.26. The van der Waals surface area contributed by atoms with Gasteiger partial charge >= 0.3 is 5.97 Å². The van der Waals surface area contributed by atoms with Crippen molar-refractivity contribution in [2.75, 3.05) is 0 Å². The minimum Gasteiger partial charge on any atom is -0.476 e. The lowest BCUT2D eigenvalue weighted by Crippen LogP contribution is -2.02. The molecule has 0 aliphatic heterocycles. The summed E-state index contributed by atoms with van der Waals surface area (Å²) in [5, 5.41) is 13.2. The van der Waals surface area contributed by atoms with Gasteiger partial charge in [0.25, 0.3) is 0 Å². The van der Waals surface area contributed by atoms with Gasteiger partial charge in [0.2, 0.25) is 0 Å². The van der Waals surface area contributed by atoms with Crippen LogP contribution in [0.15, 0.2) is 22.7 Å². The third-order valence-corrected chi connectivity index (χ3v) is 3.65. The maximum absolute atomic E-state index is 11.0. The first-order chi connectivity index (χ1) is 8.40. The van der Waals surface area contributed by atoms with E-state index in [4.69, 9.17) is 5.11 Å². The summed E-state index contributed by atoms with van der Waals surface area (Å²) in [7, 11) is 0. The van der Waals surface area contributed by atoms with Gasteiger partial charge in [0.15, 0.2) is 5.69 Å². The predicted molar refractivity (Wildman–Crippen MR) is 72.4 cm³/mol. The van der Waals surface area contributed by atoms with E-state index in [1.807, 2.05) is 32.9 Å². The van der Waals surface area contributed by atoms with E-state index >= 15 is 0 Å². The van der Waals surface area contributed by atoms with E-state index in [0.29, 0.717) is 4.47 Å². The maximum atomic E-state index is 11.0. The molecule has 0 bridgehead atoms. The summed E-state index contributed by atoms with van der Waals surface area (Å²) >= 11 is 3.27. The van der Waals surface area contributed by atoms with E-state index in [0.717, 1.165) is 22.5 Å². The Morgan fingerprint density at radius 1 is 1.22 bits per heavy atom. The standard InChI is InChI=1S/C13H13BrN2O2/c1-7-4-8(2)6-10(5-7)16-9(3)11(14)12(15-16)13(17)18/h4-6H,1-3H3,(H,17,18). The van der Waals surface area contributed by atoms with E-state index in [9.17, 15) is 4.79 Å². The second kappa shape index (κ2) is 4.57. The van der Waals surface area contributed by atoms with Crippen LogP contribution in [0, 0.1) is 20.8 Å². The molecule has 0 saturated carbocycles. The van der Waals surface area contributed by atoms with Gasteiger partial charge in [-0.25, -0.2) is 9.48 Å². The van der Waals surface area contributed by atoms with Crippen LogP contribution in [-0.2, 0) is 0 Å².